The second-order valence-electron chi connectivity index (χ2n) is 8.11. The van der Waals surface area contributed by atoms with Crippen LogP contribution in [0.3, 0.4) is 0 Å². The van der Waals surface area contributed by atoms with Gasteiger partial charge in [0.25, 0.3) is 0 Å². The van der Waals surface area contributed by atoms with Crippen LogP contribution < -0.4 is 10.2 Å². The van der Waals surface area contributed by atoms with Gasteiger partial charge in [0.05, 0.1) is 11.7 Å². The molecule has 170 valence electrons. The van der Waals surface area contributed by atoms with Gasteiger partial charge < -0.3 is 15.3 Å². The highest BCUT2D eigenvalue weighted by molar-refractivity contribution is 5.81. The minimum absolute atomic E-state index is 0.417. The largest absolute Gasteiger partial charge is 0.480 e. The zero-order valence-corrected chi connectivity index (χ0v) is 18.5. The molecule has 0 bridgehead atoms. The van der Waals surface area contributed by atoms with Crippen LogP contribution in [0, 0.1) is 12.3 Å². The number of aliphatic carboxylic acids is 1. The van der Waals surface area contributed by atoms with Crippen molar-refractivity contribution in [3.63, 3.8) is 0 Å². The number of hydrogen-bond donors (Lipinski definition) is 2. The number of carbonyl (C=O) groups is 1. The lowest BCUT2D eigenvalue weighted by molar-refractivity contribution is -0.154. The molecular formula is C25H22N6O3. The summed E-state index contributed by atoms with van der Waals surface area (Å²) in [6, 6.07) is 10.5. The minimum atomic E-state index is -0.892. The Labute approximate surface area is 196 Å². The highest BCUT2D eigenvalue weighted by Crippen LogP contribution is 2.31. The maximum Gasteiger partial charge on any atom is 0.324 e. The lowest BCUT2D eigenvalue weighted by Crippen LogP contribution is -2.38. The van der Waals surface area contributed by atoms with Crippen LogP contribution in [0.5, 0.6) is 5.75 Å². The van der Waals surface area contributed by atoms with E-state index in [-0.39, 0.29) is 0 Å². The molecule has 2 N–H and O–H groups in total. The SMILES string of the molecule is C#Cc1ccc2nc(Nc3cc(ON4CCCC4C(=O)O)cc(-c4cnn(C)c4)c3)ncc2c1. The van der Waals surface area contributed by atoms with Crippen molar-refractivity contribution in [1.82, 2.24) is 24.8 Å². The summed E-state index contributed by atoms with van der Waals surface area (Å²) < 4.78 is 1.72. The second kappa shape index (κ2) is 8.84. The molecule has 1 fully saturated rings. The molecule has 0 amide bonds. The Balaban J connectivity index is 1.48. The number of carboxylic acid groups (broad SMARTS) is 1. The Morgan fingerprint density at radius 1 is 1.24 bits per heavy atom. The van der Waals surface area contributed by atoms with Gasteiger partial charge in [-0.05, 0) is 48.7 Å². The highest BCUT2D eigenvalue weighted by atomic mass is 16.7. The molecular weight excluding hydrogens is 432 g/mol. The van der Waals surface area contributed by atoms with Gasteiger partial charge in [-0.3, -0.25) is 9.48 Å². The molecule has 0 radical (unpaired) electrons. The summed E-state index contributed by atoms with van der Waals surface area (Å²) in [5, 5.41) is 19.3. The first-order valence-electron chi connectivity index (χ1n) is 10.8. The van der Waals surface area contributed by atoms with Gasteiger partial charge >= 0.3 is 5.97 Å². The number of nitrogens with one attached hydrogen (secondary N) is 1. The number of aryl methyl sites for hydroxylation is 1. The molecule has 3 heterocycles. The van der Waals surface area contributed by atoms with Gasteiger partial charge in [-0.2, -0.15) is 5.10 Å². The molecule has 0 aliphatic carbocycles. The maximum atomic E-state index is 11.6. The van der Waals surface area contributed by atoms with Crippen LogP contribution in [0.4, 0.5) is 11.6 Å². The van der Waals surface area contributed by atoms with Gasteiger partial charge in [0.15, 0.2) is 0 Å². The third-order valence-corrected chi connectivity index (χ3v) is 5.66. The van der Waals surface area contributed by atoms with Gasteiger partial charge in [0.2, 0.25) is 5.95 Å². The Hall–Kier alpha value is -4.42. The van der Waals surface area contributed by atoms with Crippen LogP contribution in [-0.2, 0) is 11.8 Å². The quantitative estimate of drug-likeness (QED) is 0.426. The number of terminal acetylenes is 1. The van der Waals surface area contributed by atoms with Crippen molar-refractivity contribution in [2.24, 2.45) is 7.05 Å². The number of benzene rings is 2. The summed E-state index contributed by atoms with van der Waals surface area (Å²) in [7, 11) is 1.85. The molecule has 2 aromatic heterocycles. The Kier molecular flexibility index (Phi) is 5.57. The van der Waals surface area contributed by atoms with E-state index in [9.17, 15) is 9.90 Å². The Bertz CT molecular complexity index is 1420. The van der Waals surface area contributed by atoms with Crippen LogP contribution in [0.25, 0.3) is 22.0 Å². The van der Waals surface area contributed by atoms with Crippen LogP contribution in [0.1, 0.15) is 18.4 Å². The monoisotopic (exact) mass is 454 g/mol. The molecule has 0 spiro atoms. The number of nitrogens with zero attached hydrogens (tertiary/aromatic N) is 5. The molecule has 1 saturated heterocycles. The first-order chi connectivity index (χ1) is 16.5. The number of hydroxylamine groups is 2. The highest BCUT2D eigenvalue weighted by Gasteiger charge is 2.32. The Morgan fingerprint density at radius 3 is 2.88 bits per heavy atom. The topological polar surface area (TPSA) is 105 Å². The van der Waals surface area contributed by atoms with Gasteiger partial charge in [0, 0.05) is 54.3 Å². The smallest absolute Gasteiger partial charge is 0.324 e. The minimum Gasteiger partial charge on any atom is -0.480 e. The lowest BCUT2D eigenvalue weighted by atomic mass is 10.1. The molecule has 4 aromatic rings. The first-order valence-corrected chi connectivity index (χ1v) is 10.8. The number of rotatable bonds is 6. The molecule has 1 unspecified atom stereocenters. The summed E-state index contributed by atoms with van der Waals surface area (Å²) >= 11 is 0. The molecule has 34 heavy (non-hydrogen) atoms. The predicted molar refractivity (Wildman–Crippen MR) is 127 cm³/mol. The van der Waals surface area contributed by atoms with Crippen LogP contribution in [0.15, 0.2) is 55.0 Å². The summed E-state index contributed by atoms with van der Waals surface area (Å²) in [5.41, 5.74) is 3.98. The lowest BCUT2D eigenvalue weighted by Gasteiger charge is -2.22. The van der Waals surface area contributed by atoms with E-state index >= 15 is 0 Å². The van der Waals surface area contributed by atoms with Crippen LogP contribution in [0.2, 0.25) is 0 Å². The fourth-order valence-corrected chi connectivity index (χ4v) is 4.00. The van der Waals surface area contributed by atoms with E-state index < -0.39 is 12.0 Å². The van der Waals surface area contributed by atoms with Crippen molar-refractivity contribution in [3.05, 3.63) is 60.6 Å². The normalized spacial score (nSPS) is 15.8. The summed E-state index contributed by atoms with van der Waals surface area (Å²) in [6.07, 6.45) is 12.2. The molecule has 2 aromatic carbocycles. The zero-order valence-electron chi connectivity index (χ0n) is 18.5. The number of aromatic nitrogens is 4. The molecule has 9 nitrogen and oxygen atoms in total. The zero-order chi connectivity index (χ0) is 23.7. The van der Waals surface area contributed by atoms with Gasteiger partial charge in [-0.25, -0.2) is 9.97 Å². The first kappa shape index (κ1) is 21.4. The van der Waals surface area contributed by atoms with E-state index in [0.717, 1.165) is 34.0 Å². The van der Waals surface area contributed by atoms with Crippen molar-refractivity contribution < 1.29 is 14.7 Å². The molecule has 1 aliphatic heterocycles. The Morgan fingerprint density at radius 2 is 2.12 bits per heavy atom. The van der Waals surface area contributed by atoms with Crippen LogP contribution in [-0.4, -0.2) is 48.5 Å². The van der Waals surface area contributed by atoms with Crippen molar-refractivity contribution in [2.45, 2.75) is 18.9 Å². The average Bonchev–Trinajstić information content (AvgIpc) is 3.47. The fraction of sp³-hybridized carbons (Fsp3) is 0.200. The van der Waals surface area contributed by atoms with Gasteiger partial charge in [-0.15, -0.1) is 11.5 Å². The third-order valence-electron chi connectivity index (χ3n) is 5.66. The van der Waals surface area contributed by atoms with Crippen molar-refractivity contribution in [2.75, 3.05) is 11.9 Å². The molecule has 0 saturated carbocycles. The van der Waals surface area contributed by atoms with Gasteiger partial charge in [0.1, 0.15) is 11.8 Å². The van der Waals surface area contributed by atoms with E-state index in [0.29, 0.717) is 30.4 Å². The summed E-state index contributed by atoms with van der Waals surface area (Å²) in [4.78, 5) is 26.6. The standard InChI is InChI=1S/C25H22N6O3/c1-3-16-6-7-22-18(9-16)13-26-25(29-22)28-20-10-17(19-14-27-30(2)15-19)11-21(12-20)34-31-8-4-5-23(31)24(32)33/h1,6-7,9-15,23H,4-5,8H2,2H3,(H,32,33)(H,26,28,29). The van der Waals surface area contributed by atoms with Gasteiger partial charge in [-0.1, -0.05) is 5.92 Å². The summed E-state index contributed by atoms with van der Waals surface area (Å²) in [6.45, 7) is 0.546. The summed E-state index contributed by atoms with van der Waals surface area (Å²) in [5.74, 6) is 2.65. The molecule has 1 atom stereocenters. The van der Waals surface area contributed by atoms with Crippen molar-refractivity contribution in [3.8, 4) is 29.2 Å². The predicted octanol–water partition coefficient (Wildman–Crippen LogP) is 3.60. The molecule has 5 rings (SSSR count). The number of fused-ring (bicyclic) bond motifs is 1. The number of carboxylic acids is 1. The van der Waals surface area contributed by atoms with E-state index in [2.05, 4.69) is 26.3 Å². The van der Waals surface area contributed by atoms with Crippen molar-refractivity contribution in [1.29, 1.82) is 0 Å². The second-order valence-corrected chi connectivity index (χ2v) is 8.11. The average molecular weight is 454 g/mol. The molecule has 1 aliphatic rings. The van der Waals surface area contributed by atoms with E-state index in [1.807, 2.05) is 43.6 Å². The molecule has 9 heteroatoms. The fourth-order valence-electron chi connectivity index (χ4n) is 4.00. The van der Waals surface area contributed by atoms with E-state index in [1.54, 1.807) is 23.1 Å². The van der Waals surface area contributed by atoms with Crippen LogP contribution >= 0.6 is 0 Å². The number of anilines is 2. The third kappa shape index (κ3) is 4.40. The van der Waals surface area contributed by atoms with E-state index in [4.69, 9.17) is 11.3 Å². The number of hydrogen-bond acceptors (Lipinski definition) is 7. The maximum absolute atomic E-state index is 11.6. The van der Waals surface area contributed by atoms with E-state index in [1.165, 1.54) is 5.06 Å². The van der Waals surface area contributed by atoms with Crippen molar-refractivity contribution >= 4 is 28.5 Å².